The van der Waals surface area contributed by atoms with Crippen LogP contribution in [0.15, 0.2) is 6.33 Å². The van der Waals surface area contributed by atoms with Crippen molar-refractivity contribution in [2.75, 3.05) is 18.4 Å². The maximum Gasteiger partial charge on any atom is 0.260 e. The lowest BCUT2D eigenvalue weighted by atomic mass is 9.86. The second-order valence-corrected chi connectivity index (χ2v) is 6.41. The molecule has 3 atom stereocenters. The number of piperidine rings is 1. The van der Waals surface area contributed by atoms with Crippen LogP contribution in [0.4, 0.5) is 14.7 Å². The van der Waals surface area contributed by atoms with Gasteiger partial charge in [-0.1, -0.05) is 6.92 Å². The normalized spacial score (nSPS) is 27.7. The van der Waals surface area contributed by atoms with Crippen molar-refractivity contribution in [3.8, 4) is 0 Å². The molecule has 0 saturated carbocycles. The predicted octanol–water partition coefficient (Wildman–Crippen LogP) is 2.31. The standard InChI is InChI=1S/C15H23F2N5O/c1-2-4-13(23)21-6-3-5-10(8-21)11-7-12(14(16)17)22-15(20-11)18-9-19-22/h9-12,14H,2-8H2,1H3,(H,18,19,20)/t10?,11-,12+/m0/s1. The molecule has 128 valence electrons. The van der Waals surface area contributed by atoms with E-state index < -0.39 is 12.5 Å². The summed E-state index contributed by atoms with van der Waals surface area (Å²) in [6.07, 6.45) is 2.40. The van der Waals surface area contributed by atoms with Gasteiger partial charge in [0.15, 0.2) is 0 Å². The summed E-state index contributed by atoms with van der Waals surface area (Å²) in [6.45, 7) is 3.40. The van der Waals surface area contributed by atoms with E-state index in [0.29, 0.717) is 25.3 Å². The van der Waals surface area contributed by atoms with Crippen LogP contribution in [0.3, 0.4) is 0 Å². The summed E-state index contributed by atoms with van der Waals surface area (Å²) in [5.41, 5.74) is 0. The Balaban J connectivity index is 1.71. The van der Waals surface area contributed by atoms with E-state index in [1.54, 1.807) is 0 Å². The van der Waals surface area contributed by atoms with Gasteiger partial charge in [-0.25, -0.2) is 13.5 Å². The minimum absolute atomic E-state index is 0.0945. The number of carbonyl (C=O) groups is 1. The van der Waals surface area contributed by atoms with E-state index in [2.05, 4.69) is 15.4 Å². The predicted molar refractivity (Wildman–Crippen MR) is 81.3 cm³/mol. The van der Waals surface area contributed by atoms with Crippen LogP contribution in [-0.4, -0.2) is 51.1 Å². The number of aromatic nitrogens is 3. The van der Waals surface area contributed by atoms with Gasteiger partial charge in [-0.05, 0) is 31.6 Å². The fourth-order valence-corrected chi connectivity index (χ4v) is 3.64. The number of likely N-dealkylation sites (tertiary alicyclic amines) is 1. The minimum atomic E-state index is -2.47. The van der Waals surface area contributed by atoms with Crippen LogP contribution in [-0.2, 0) is 4.79 Å². The van der Waals surface area contributed by atoms with Gasteiger partial charge in [0.05, 0.1) is 0 Å². The zero-order valence-electron chi connectivity index (χ0n) is 13.3. The highest BCUT2D eigenvalue weighted by Gasteiger charge is 2.38. The molecule has 3 rings (SSSR count). The third-order valence-electron chi connectivity index (χ3n) is 4.83. The Bertz CT molecular complexity index is 550. The molecule has 0 bridgehead atoms. The van der Waals surface area contributed by atoms with Gasteiger partial charge in [0, 0.05) is 25.6 Å². The molecule has 2 aliphatic rings. The number of halogens is 2. The topological polar surface area (TPSA) is 63.1 Å². The lowest BCUT2D eigenvalue weighted by Crippen LogP contribution is -2.48. The molecule has 0 radical (unpaired) electrons. The highest BCUT2D eigenvalue weighted by atomic mass is 19.3. The number of rotatable bonds is 4. The summed E-state index contributed by atoms with van der Waals surface area (Å²) < 4.78 is 28.0. The molecule has 1 N–H and O–H groups in total. The summed E-state index contributed by atoms with van der Waals surface area (Å²) in [5.74, 6) is 0.751. The number of alkyl halides is 2. The van der Waals surface area contributed by atoms with Gasteiger partial charge in [-0.3, -0.25) is 4.79 Å². The van der Waals surface area contributed by atoms with E-state index in [4.69, 9.17) is 0 Å². The first-order valence-electron chi connectivity index (χ1n) is 8.32. The van der Waals surface area contributed by atoms with E-state index in [0.717, 1.165) is 25.8 Å². The summed E-state index contributed by atoms with van der Waals surface area (Å²) in [6, 6.07) is -1.04. The van der Waals surface area contributed by atoms with Crippen LogP contribution in [0.25, 0.3) is 0 Å². The van der Waals surface area contributed by atoms with Crippen molar-refractivity contribution in [3.63, 3.8) is 0 Å². The monoisotopic (exact) mass is 327 g/mol. The van der Waals surface area contributed by atoms with E-state index in [9.17, 15) is 13.6 Å². The maximum absolute atomic E-state index is 13.3. The molecule has 6 nitrogen and oxygen atoms in total. The maximum atomic E-state index is 13.3. The molecular weight excluding hydrogens is 304 g/mol. The molecule has 1 saturated heterocycles. The van der Waals surface area contributed by atoms with E-state index in [1.807, 2.05) is 11.8 Å². The third-order valence-corrected chi connectivity index (χ3v) is 4.83. The second kappa shape index (κ2) is 6.80. The molecule has 0 aromatic carbocycles. The number of carbonyl (C=O) groups excluding carboxylic acids is 1. The Morgan fingerprint density at radius 3 is 3.09 bits per heavy atom. The van der Waals surface area contributed by atoms with Crippen LogP contribution >= 0.6 is 0 Å². The Morgan fingerprint density at radius 2 is 2.35 bits per heavy atom. The fourth-order valence-electron chi connectivity index (χ4n) is 3.64. The van der Waals surface area contributed by atoms with Gasteiger partial charge in [0.25, 0.3) is 6.43 Å². The average Bonchev–Trinajstić information content (AvgIpc) is 3.02. The number of nitrogens with zero attached hydrogens (tertiary/aromatic N) is 4. The Hall–Kier alpha value is -1.73. The summed E-state index contributed by atoms with van der Waals surface area (Å²) in [5, 5.41) is 7.15. The van der Waals surface area contributed by atoms with Crippen molar-refractivity contribution in [3.05, 3.63) is 6.33 Å². The molecule has 1 fully saturated rings. The largest absolute Gasteiger partial charge is 0.351 e. The molecular formula is C15H23F2N5O. The smallest absolute Gasteiger partial charge is 0.260 e. The van der Waals surface area contributed by atoms with E-state index in [1.165, 1.54) is 11.0 Å². The van der Waals surface area contributed by atoms with Gasteiger partial charge < -0.3 is 10.2 Å². The number of anilines is 1. The zero-order chi connectivity index (χ0) is 16.4. The number of fused-ring (bicyclic) bond motifs is 1. The molecule has 1 aromatic heterocycles. The molecule has 1 amide bonds. The lowest BCUT2D eigenvalue weighted by Gasteiger charge is -2.40. The number of hydrogen-bond donors (Lipinski definition) is 1. The first-order valence-corrected chi connectivity index (χ1v) is 8.32. The van der Waals surface area contributed by atoms with E-state index in [-0.39, 0.29) is 17.9 Å². The van der Waals surface area contributed by atoms with Gasteiger partial charge in [0.1, 0.15) is 12.4 Å². The number of hydrogen-bond acceptors (Lipinski definition) is 4. The van der Waals surface area contributed by atoms with E-state index >= 15 is 0 Å². The molecule has 8 heteroatoms. The highest BCUT2D eigenvalue weighted by Crippen LogP contribution is 2.35. The van der Waals surface area contributed by atoms with Crippen molar-refractivity contribution < 1.29 is 13.6 Å². The molecule has 2 aliphatic heterocycles. The molecule has 0 aliphatic carbocycles. The van der Waals surface area contributed by atoms with Gasteiger partial charge in [0.2, 0.25) is 11.9 Å². The highest BCUT2D eigenvalue weighted by molar-refractivity contribution is 5.76. The minimum Gasteiger partial charge on any atom is -0.351 e. The Kier molecular flexibility index (Phi) is 4.77. The molecule has 0 spiro atoms. The SMILES string of the molecule is CCCC(=O)N1CCCC([C@@H]2C[C@H](C(F)F)n3ncnc3N2)C1. The first-order chi connectivity index (χ1) is 11.1. The van der Waals surface area contributed by atoms with Crippen LogP contribution < -0.4 is 5.32 Å². The summed E-state index contributed by atoms with van der Waals surface area (Å²) >= 11 is 0. The van der Waals surface area contributed by atoms with Gasteiger partial charge in [-0.2, -0.15) is 10.1 Å². The average molecular weight is 327 g/mol. The first kappa shape index (κ1) is 16.1. The third kappa shape index (κ3) is 3.30. The van der Waals surface area contributed by atoms with Crippen LogP contribution in [0.2, 0.25) is 0 Å². The number of nitrogens with one attached hydrogen (secondary N) is 1. The van der Waals surface area contributed by atoms with Crippen molar-refractivity contribution >= 4 is 11.9 Å². The van der Waals surface area contributed by atoms with Crippen LogP contribution in [0, 0.1) is 5.92 Å². The van der Waals surface area contributed by atoms with Gasteiger partial charge >= 0.3 is 0 Å². The van der Waals surface area contributed by atoms with Crippen LogP contribution in [0.1, 0.15) is 45.1 Å². The Labute approximate surface area is 134 Å². The van der Waals surface area contributed by atoms with Crippen molar-refractivity contribution in [2.24, 2.45) is 5.92 Å². The van der Waals surface area contributed by atoms with Crippen molar-refractivity contribution in [1.82, 2.24) is 19.7 Å². The van der Waals surface area contributed by atoms with Crippen molar-refractivity contribution in [2.45, 2.75) is 57.5 Å². The number of amides is 1. The lowest BCUT2D eigenvalue weighted by molar-refractivity contribution is -0.133. The van der Waals surface area contributed by atoms with Gasteiger partial charge in [-0.15, -0.1) is 0 Å². The molecule has 1 aromatic rings. The Morgan fingerprint density at radius 1 is 1.52 bits per heavy atom. The summed E-state index contributed by atoms with van der Waals surface area (Å²) in [7, 11) is 0. The second-order valence-electron chi connectivity index (χ2n) is 6.41. The molecule has 1 unspecified atom stereocenters. The van der Waals surface area contributed by atoms with Crippen molar-refractivity contribution in [1.29, 1.82) is 0 Å². The quantitative estimate of drug-likeness (QED) is 0.922. The molecule has 3 heterocycles. The summed E-state index contributed by atoms with van der Waals surface area (Å²) in [4.78, 5) is 18.0. The molecule has 23 heavy (non-hydrogen) atoms. The fraction of sp³-hybridized carbons (Fsp3) is 0.800. The van der Waals surface area contributed by atoms with Crippen LogP contribution in [0.5, 0.6) is 0 Å². The zero-order valence-corrected chi connectivity index (χ0v) is 13.3.